The van der Waals surface area contributed by atoms with E-state index in [9.17, 15) is 18.0 Å². The maximum atomic E-state index is 12.8. The van der Waals surface area contributed by atoms with E-state index in [1.54, 1.807) is 22.8 Å². The number of carbonyl (C=O) groups is 2. The van der Waals surface area contributed by atoms with Gasteiger partial charge in [-0.25, -0.2) is 12.7 Å². The lowest BCUT2D eigenvalue weighted by molar-refractivity contribution is -0.141. The molecule has 0 spiro atoms. The smallest absolute Gasteiger partial charge is 0.325 e. The maximum Gasteiger partial charge on any atom is 0.325 e. The fraction of sp³-hybridized carbons (Fsp3) is 0.471. The zero-order valence-corrected chi connectivity index (χ0v) is 17.8. The van der Waals surface area contributed by atoms with Crippen LogP contribution in [0.1, 0.15) is 12.8 Å². The molecule has 1 atom stereocenters. The molecule has 2 aromatic rings. The predicted octanol–water partition coefficient (Wildman–Crippen LogP) is 1.63. The van der Waals surface area contributed by atoms with Gasteiger partial charge in [-0.3, -0.25) is 9.59 Å². The number of rotatable bonds is 4. The van der Waals surface area contributed by atoms with E-state index in [2.05, 4.69) is 4.99 Å². The normalized spacial score (nSPS) is 19.1. The van der Waals surface area contributed by atoms with E-state index >= 15 is 0 Å². The van der Waals surface area contributed by atoms with E-state index in [1.807, 2.05) is 0 Å². The number of halogens is 1. The Morgan fingerprint density at radius 3 is 2.82 bits per heavy atom. The van der Waals surface area contributed by atoms with E-state index in [4.69, 9.17) is 16.3 Å². The van der Waals surface area contributed by atoms with Gasteiger partial charge < -0.3 is 9.30 Å². The van der Waals surface area contributed by atoms with Crippen molar-refractivity contribution in [3.63, 3.8) is 0 Å². The number of hydrogen-bond acceptors (Lipinski definition) is 6. The summed E-state index contributed by atoms with van der Waals surface area (Å²) in [4.78, 5) is 29.1. The molecule has 28 heavy (non-hydrogen) atoms. The Bertz CT molecular complexity index is 1090. The second-order valence-electron chi connectivity index (χ2n) is 6.57. The molecule has 1 fully saturated rings. The summed E-state index contributed by atoms with van der Waals surface area (Å²) in [6.07, 6.45) is 2.31. The van der Waals surface area contributed by atoms with Crippen LogP contribution < -0.4 is 4.80 Å². The number of piperidine rings is 1. The molecule has 11 heteroatoms. The van der Waals surface area contributed by atoms with Gasteiger partial charge in [-0.05, 0) is 31.0 Å². The van der Waals surface area contributed by atoms with Crippen molar-refractivity contribution in [1.29, 1.82) is 0 Å². The molecule has 0 N–H and O–H groups in total. The van der Waals surface area contributed by atoms with Crippen molar-refractivity contribution in [2.45, 2.75) is 19.4 Å². The van der Waals surface area contributed by atoms with Crippen LogP contribution >= 0.6 is 22.9 Å². The number of methoxy groups -OCH3 is 1. The number of amides is 1. The summed E-state index contributed by atoms with van der Waals surface area (Å²) >= 11 is 7.29. The van der Waals surface area contributed by atoms with Gasteiger partial charge in [0.15, 0.2) is 4.80 Å². The molecular weight excluding hydrogens is 426 g/mol. The van der Waals surface area contributed by atoms with Gasteiger partial charge >= 0.3 is 5.97 Å². The average molecular weight is 446 g/mol. The molecule has 0 aliphatic carbocycles. The zero-order valence-electron chi connectivity index (χ0n) is 15.4. The molecule has 0 bridgehead atoms. The first-order valence-corrected chi connectivity index (χ1v) is 11.6. The number of hydrogen-bond donors (Lipinski definition) is 0. The highest BCUT2D eigenvalue weighted by Crippen LogP contribution is 2.23. The third-order valence-corrected chi connectivity index (χ3v) is 7.11. The van der Waals surface area contributed by atoms with Crippen molar-refractivity contribution in [1.82, 2.24) is 8.87 Å². The summed E-state index contributed by atoms with van der Waals surface area (Å²) < 4.78 is 32.0. The minimum atomic E-state index is -3.36. The van der Waals surface area contributed by atoms with Crippen molar-refractivity contribution in [3.8, 4) is 0 Å². The fourth-order valence-corrected chi connectivity index (χ4v) is 5.33. The monoisotopic (exact) mass is 445 g/mol. The lowest BCUT2D eigenvalue weighted by Crippen LogP contribution is -2.41. The first kappa shape index (κ1) is 21.0. The van der Waals surface area contributed by atoms with E-state index in [0.717, 1.165) is 11.0 Å². The number of carbonyl (C=O) groups excluding carboxylic acids is 2. The van der Waals surface area contributed by atoms with Crippen LogP contribution in [-0.2, 0) is 30.9 Å². The highest BCUT2D eigenvalue weighted by molar-refractivity contribution is 7.88. The number of esters is 1. The molecule has 152 valence electrons. The maximum absolute atomic E-state index is 12.8. The summed E-state index contributed by atoms with van der Waals surface area (Å²) in [6.45, 7) is 0.436. The largest absolute Gasteiger partial charge is 0.468 e. The van der Waals surface area contributed by atoms with Crippen LogP contribution in [0, 0.1) is 5.92 Å². The van der Waals surface area contributed by atoms with Crippen molar-refractivity contribution in [2.24, 2.45) is 10.9 Å². The third-order valence-electron chi connectivity index (χ3n) is 4.57. The van der Waals surface area contributed by atoms with Gasteiger partial charge in [0.2, 0.25) is 10.0 Å². The quantitative estimate of drug-likeness (QED) is 0.666. The minimum Gasteiger partial charge on any atom is -0.468 e. The lowest BCUT2D eigenvalue weighted by atomic mass is 9.99. The number of sulfonamides is 1. The first-order chi connectivity index (χ1) is 13.2. The molecular formula is C17H20ClN3O5S2. The molecule has 1 aliphatic rings. The van der Waals surface area contributed by atoms with Crippen LogP contribution in [0.15, 0.2) is 23.2 Å². The van der Waals surface area contributed by atoms with Gasteiger partial charge in [0.25, 0.3) is 5.91 Å². The van der Waals surface area contributed by atoms with Gasteiger partial charge in [0.1, 0.15) is 6.54 Å². The van der Waals surface area contributed by atoms with Gasteiger partial charge in [-0.1, -0.05) is 22.9 Å². The Kier molecular flexibility index (Phi) is 6.23. The second-order valence-corrected chi connectivity index (χ2v) is 10.00. The van der Waals surface area contributed by atoms with E-state index < -0.39 is 27.8 Å². The molecule has 0 unspecified atom stereocenters. The Hall–Kier alpha value is -1.75. The topological polar surface area (TPSA) is 98.0 Å². The number of thiazole rings is 1. The van der Waals surface area contributed by atoms with Crippen molar-refractivity contribution < 1.29 is 22.7 Å². The number of nitrogens with zero attached hydrogens (tertiary/aromatic N) is 3. The number of ether oxygens (including phenoxy) is 1. The summed E-state index contributed by atoms with van der Waals surface area (Å²) in [5, 5.41) is 0.535. The summed E-state index contributed by atoms with van der Waals surface area (Å²) in [5.74, 6) is -1.38. The molecule has 2 heterocycles. The summed E-state index contributed by atoms with van der Waals surface area (Å²) in [6, 6.07) is 5.19. The molecule has 0 saturated carbocycles. The van der Waals surface area contributed by atoms with Gasteiger partial charge in [-0.15, -0.1) is 0 Å². The molecule has 8 nitrogen and oxygen atoms in total. The molecule has 0 radical (unpaired) electrons. The van der Waals surface area contributed by atoms with Crippen LogP contribution in [0.5, 0.6) is 0 Å². The predicted molar refractivity (Wildman–Crippen MR) is 107 cm³/mol. The van der Waals surface area contributed by atoms with Crippen molar-refractivity contribution in [3.05, 3.63) is 28.0 Å². The SMILES string of the molecule is COC(=O)Cn1c(=NC(=O)[C@@H]2CCCN(S(C)(=O)=O)C2)sc2cc(Cl)ccc21. The second kappa shape index (κ2) is 8.32. The highest BCUT2D eigenvalue weighted by atomic mass is 35.5. The van der Waals surface area contributed by atoms with E-state index in [1.165, 1.54) is 22.8 Å². The number of aromatic nitrogens is 1. The van der Waals surface area contributed by atoms with E-state index in [-0.39, 0.29) is 13.1 Å². The van der Waals surface area contributed by atoms with Crippen LogP contribution in [0.3, 0.4) is 0 Å². The van der Waals surface area contributed by atoms with Crippen LogP contribution in [0.25, 0.3) is 10.2 Å². The number of benzene rings is 1. The standard InChI is InChI=1S/C17H20ClN3O5S2/c1-26-15(22)10-21-13-6-5-12(18)8-14(13)27-17(21)19-16(23)11-4-3-7-20(9-11)28(2,24)25/h5-6,8,11H,3-4,7,9-10H2,1-2H3/t11-/m1/s1. The Labute approximate surface area is 171 Å². The van der Waals surface area contributed by atoms with Gasteiger partial charge in [-0.2, -0.15) is 4.99 Å². The van der Waals surface area contributed by atoms with Crippen LogP contribution in [-0.4, -0.2) is 55.6 Å². The highest BCUT2D eigenvalue weighted by Gasteiger charge is 2.30. The first-order valence-electron chi connectivity index (χ1n) is 8.58. The molecule has 3 rings (SSSR count). The van der Waals surface area contributed by atoms with Gasteiger partial charge in [0, 0.05) is 18.1 Å². The van der Waals surface area contributed by atoms with Crippen molar-refractivity contribution in [2.75, 3.05) is 26.5 Å². The minimum absolute atomic E-state index is 0.0929. The fourth-order valence-electron chi connectivity index (χ4n) is 3.11. The van der Waals surface area contributed by atoms with Crippen LogP contribution in [0.2, 0.25) is 5.02 Å². The summed E-state index contributed by atoms with van der Waals surface area (Å²) in [5.41, 5.74) is 0.716. The Balaban J connectivity index is 1.99. The van der Waals surface area contributed by atoms with Crippen LogP contribution in [0.4, 0.5) is 0 Å². The number of fused-ring (bicyclic) bond motifs is 1. The molecule has 1 saturated heterocycles. The molecule has 1 aromatic heterocycles. The van der Waals surface area contributed by atoms with E-state index in [0.29, 0.717) is 34.7 Å². The Morgan fingerprint density at radius 1 is 1.39 bits per heavy atom. The third kappa shape index (κ3) is 4.62. The zero-order chi connectivity index (χ0) is 20.5. The molecule has 1 aromatic carbocycles. The summed E-state index contributed by atoms with van der Waals surface area (Å²) in [7, 11) is -2.07. The van der Waals surface area contributed by atoms with Gasteiger partial charge in [0.05, 0.1) is 29.5 Å². The molecule has 1 amide bonds. The Morgan fingerprint density at radius 2 is 2.14 bits per heavy atom. The lowest BCUT2D eigenvalue weighted by Gasteiger charge is -2.28. The molecule has 1 aliphatic heterocycles. The van der Waals surface area contributed by atoms with Crippen molar-refractivity contribution >= 4 is 55.1 Å². The average Bonchev–Trinajstić information content (AvgIpc) is 2.97.